The summed E-state index contributed by atoms with van der Waals surface area (Å²) in [7, 11) is 0. The molecule has 1 aliphatic carbocycles. The lowest BCUT2D eigenvalue weighted by molar-refractivity contribution is 0.236. The van der Waals surface area contributed by atoms with Gasteiger partial charge in [-0.3, -0.25) is 0 Å². The van der Waals surface area contributed by atoms with Crippen molar-refractivity contribution in [2.45, 2.75) is 32.4 Å². The Morgan fingerprint density at radius 3 is 3.09 bits per heavy atom. The first-order valence-corrected chi connectivity index (χ1v) is 7.61. The molecule has 1 aliphatic rings. The summed E-state index contributed by atoms with van der Waals surface area (Å²) in [5.74, 6) is 0.696. The highest BCUT2D eigenvalue weighted by Crippen LogP contribution is 2.32. The standard InChI is InChI=1S/C16H17ClN4O/c1-10-18-7-6-13(20-10)9-19-16(22)21-15-5-2-11-8-12(17)3-4-14(11)15/h3-4,6-8,15H,2,5,9H2,1H3,(H2,19,21,22)/t15-/m1/s1. The van der Waals surface area contributed by atoms with Crippen LogP contribution in [0.4, 0.5) is 4.79 Å². The smallest absolute Gasteiger partial charge is 0.315 e. The van der Waals surface area contributed by atoms with E-state index in [0.717, 1.165) is 29.1 Å². The number of benzene rings is 1. The second kappa shape index (κ2) is 6.32. The van der Waals surface area contributed by atoms with Crippen LogP contribution in [-0.2, 0) is 13.0 Å². The van der Waals surface area contributed by atoms with Crippen LogP contribution in [0.2, 0.25) is 5.02 Å². The summed E-state index contributed by atoms with van der Waals surface area (Å²) in [6, 6.07) is 7.47. The number of fused-ring (bicyclic) bond motifs is 1. The van der Waals surface area contributed by atoms with Gasteiger partial charge in [-0.05, 0) is 49.1 Å². The minimum Gasteiger partial charge on any atom is -0.332 e. The molecule has 0 spiro atoms. The van der Waals surface area contributed by atoms with E-state index in [1.165, 1.54) is 5.56 Å². The quantitative estimate of drug-likeness (QED) is 0.915. The van der Waals surface area contributed by atoms with Crippen LogP contribution in [0.5, 0.6) is 0 Å². The molecular weight excluding hydrogens is 300 g/mol. The number of aryl methyl sites for hydroxylation is 2. The van der Waals surface area contributed by atoms with Crippen molar-refractivity contribution < 1.29 is 4.79 Å². The van der Waals surface area contributed by atoms with Crippen LogP contribution in [0.15, 0.2) is 30.5 Å². The zero-order chi connectivity index (χ0) is 15.5. The van der Waals surface area contributed by atoms with E-state index in [2.05, 4.69) is 20.6 Å². The first kappa shape index (κ1) is 14.8. The predicted molar refractivity (Wildman–Crippen MR) is 84.7 cm³/mol. The van der Waals surface area contributed by atoms with Crippen LogP contribution in [0.1, 0.15) is 35.1 Å². The molecule has 2 amide bonds. The van der Waals surface area contributed by atoms with E-state index in [9.17, 15) is 4.79 Å². The highest BCUT2D eigenvalue weighted by molar-refractivity contribution is 6.30. The highest BCUT2D eigenvalue weighted by Gasteiger charge is 2.23. The van der Waals surface area contributed by atoms with Gasteiger partial charge in [0.05, 0.1) is 18.3 Å². The Morgan fingerprint density at radius 1 is 1.41 bits per heavy atom. The number of nitrogens with one attached hydrogen (secondary N) is 2. The monoisotopic (exact) mass is 316 g/mol. The van der Waals surface area contributed by atoms with E-state index >= 15 is 0 Å². The summed E-state index contributed by atoms with van der Waals surface area (Å²) in [4.78, 5) is 20.3. The number of carbonyl (C=O) groups excluding carboxylic acids is 1. The molecule has 0 unspecified atom stereocenters. The lowest BCUT2D eigenvalue weighted by Gasteiger charge is -2.15. The van der Waals surface area contributed by atoms with Crippen molar-refractivity contribution in [2.24, 2.45) is 0 Å². The SMILES string of the molecule is Cc1nccc(CNC(=O)N[C@@H]2CCc3cc(Cl)ccc32)n1. The van der Waals surface area contributed by atoms with Gasteiger partial charge in [0.1, 0.15) is 5.82 Å². The van der Waals surface area contributed by atoms with E-state index in [1.807, 2.05) is 25.1 Å². The van der Waals surface area contributed by atoms with Crippen molar-refractivity contribution in [1.82, 2.24) is 20.6 Å². The molecule has 2 aromatic rings. The molecule has 114 valence electrons. The number of urea groups is 1. The minimum atomic E-state index is -0.191. The predicted octanol–water partition coefficient (Wildman–Crippen LogP) is 2.93. The lowest BCUT2D eigenvalue weighted by Crippen LogP contribution is -2.37. The second-order valence-electron chi connectivity index (χ2n) is 5.36. The fourth-order valence-corrected chi connectivity index (χ4v) is 2.91. The van der Waals surface area contributed by atoms with Gasteiger partial charge >= 0.3 is 6.03 Å². The summed E-state index contributed by atoms with van der Waals surface area (Å²) >= 11 is 6.00. The normalized spacial score (nSPS) is 16.2. The third kappa shape index (κ3) is 3.36. The van der Waals surface area contributed by atoms with Crippen molar-refractivity contribution >= 4 is 17.6 Å². The molecule has 22 heavy (non-hydrogen) atoms. The van der Waals surface area contributed by atoms with E-state index < -0.39 is 0 Å². The summed E-state index contributed by atoms with van der Waals surface area (Å²) in [6.45, 7) is 2.21. The number of rotatable bonds is 3. The van der Waals surface area contributed by atoms with E-state index in [1.54, 1.807) is 12.3 Å². The zero-order valence-corrected chi connectivity index (χ0v) is 13.0. The number of hydrogen-bond donors (Lipinski definition) is 2. The Morgan fingerprint density at radius 2 is 2.27 bits per heavy atom. The Balaban J connectivity index is 1.57. The molecule has 1 aromatic carbocycles. The topological polar surface area (TPSA) is 66.9 Å². The zero-order valence-electron chi connectivity index (χ0n) is 12.3. The number of carbonyl (C=O) groups is 1. The Bertz CT molecular complexity index is 704. The Labute approximate surface area is 134 Å². The molecule has 0 bridgehead atoms. The summed E-state index contributed by atoms with van der Waals surface area (Å²) < 4.78 is 0. The van der Waals surface area contributed by atoms with Gasteiger partial charge in [-0.1, -0.05) is 17.7 Å². The molecule has 2 N–H and O–H groups in total. The van der Waals surface area contributed by atoms with Crippen molar-refractivity contribution in [1.29, 1.82) is 0 Å². The number of hydrogen-bond acceptors (Lipinski definition) is 3. The molecule has 5 nitrogen and oxygen atoms in total. The van der Waals surface area contributed by atoms with Gasteiger partial charge in [0.15, 0.2) is 0 Å². The van der Waals surface area contributed by atoms with Crippen molar-refractivity contribution in [3.63, 3.8) is 0 Å². The van der Waals surface area contributed by atoms with Crippen LogP contribution in [-0.4, -0.2) is 16.0 Å². The molecule has 1 atom stereocenters. The molecular formula is C16H17ClN4O. The molecule has 0 aliphatic heterocycles. The molecule has 3 rings (SSSR count). The van der Waals surface area contributed by atoms with Crippen molar-refractivity contribution in [3.05, 3.63) is 58.1 Å². The van der Waals surface area contributed by atoms with E-state index in [0.29, 0.717) is 12.4 Å². The van der Waals surface area contributed by atoms with Crippen molar-refractivity contribution in [2.75, 3.05) is 0 Å². The Hall–Kier alpha value is -2.14. The van der Waals surface area contributed by atoms with Crippen molar-refractivity contribution in [3.8, 4) is 0 Å². The molecule has 0 radical (unpaired) electrons. The number of halogens is 1. The van der Waals surface area contributed by atoms with Crippen LogP contribution in [0, 0.1) is 6.92 Å². The molecule has 1 aromatic heterocycles. The fourth-order valence-electron chi connectivity index (χ4n) is 2.72. The molecule has 0 saturated heterocycles. The number of aromatic nitrogens is 2. The van der Waals surface area contributed by atoms with Gasteiger partial charge in [0.25, 0.3) is 0 Å². The Kier molecular flexibility index (Phi) is 4.24. The number of amides is 2. The third-order valence-corrected chi connectivity index (χ3v) is 3.99. The maximum atomic E-state index is 12.0. The number of nitrogens with zero attached hydrogens (tertiary/aromatic N) is 2. The van der Waals surface area contributed by atoms with Gasteiger partial charge in [-0.25, -0.2) is 14.8 Å². The molecule has 6 heteroatoms. The third-order valence-electron chi connectivity index (χ3n) is 3.75. The van der Waals surface area contributed by atoms with Gasteiger partial charge < -0.3 is 10.6 Å². The summed E-state index contributed by atoms with van der Waals surface area (Å²) in [5, 5.41) is 6.57. The van der Waals surface area contributed by atoms with E-state index in [-0.39, 0.29) is 12.1 Å². The summed E-state index contributed by atoms with van der Waals surface area (Å²) in [5.41, 5.74) is 3.16. The molecule has 0 fully saturated rings. The first-order valence-electron chi connectivity index (χ1n) is 7.23. The molecule has 0 saturated carbocycles. The van der Waals surface area contributed by atoms with Gasteiger partial charge in [0.2, 0.25) is 0 Å². The summed E-state index contributed by atoms with van der Waals surface area (Å²) in [6.07, 6.45) is 3.52. The average Bonchev–Trinajstić information content (AvgIpc) is 2.87. The fraction of sp³-hybridized carbons (Fsp3) is 0.312. The van der Waals surface area contributed by atoms with Crippen LogP contribution >= 0.6 is 11.6 Å². The molecule has 1 heterocycles. The largest absolute Gasteiger partial charge is 0.332 e. The maximum Gasteiger partial charge on any atom is 0.315 e. The van der Waals surface area contributed by atoms with Crippen LogP contribution < -0.4 is 10.6 Å². The van der Waals surface area contributed by atoms with Crippen LogP contribution in [0.3, 0.4) is 0 Å². The van der Waals surface area contributed by atoms with Gasteiger partial charge in [-0.2, -0.15) is 0 Å². The average molecular weight is 317 g/mol. The van der Waals surface area contributed by atoms with Gasteiger partial charge in [-0.15, -0.1) is 0 Å². The highest BCUT2D eigenvalue weighted by atomic mass is 35.5. The lowest BCUT2D eigenvalue weighted by atomic mass is 10.1. The maximum absolute atomic E-state index is 12.0. The first-order chi connectivity index (χ1) is 10.6. The second-order valence-corrected chi connectivity index (χ2v) is 5.79. The minimum absolute atomic E-state index is 0.0411. The van der Waals surface area contributed by atoms with E-state index in [4.69, 9.17) is 11.6 Å². The van der Waals surface area contributed by atoms with Crippen LogP contribution in [0.25, 0.3) is 0 Å². The van der Waals surface area contributed by atoms with Gasteiger partial charge in [0, 0.05) is 11.2 Å².